The first kappa shape index (κ1) is 13.0. The van der Waals surface area contributed by atoms with E-state index in [9.17, 15) is 4.79 Å². The van der Waals surface area contributed by atoms with Gasteiger partial charge in [-0.05, 0) is 30.9 Å². The molecule has 98 valence electrons. The fourth-order valence-corrected chi connectivity index (χ4v) is 2.30. The molecule has 18 heavy (non-hydrogen) atoms. The minimum atomic E-state index is -0.146. The second-order valence-electron chi connectivity index (χ2n) is 4.54. The standard InChI is InChI=1S/C13H19N3O2/c1-18-12-4-2-3-10(12)16-13(17)11-6-5-9(7-14)8-15-11/h5-6,8,10,12H,2-4,7,14H2,1H3,(H,16,17). The van der Waals surface area contributed by atoms with E-state index in [1.165, 1.54) is 0 Å². The Hall–Kier alpha value is -1.46. The molecule has 1 aliphatic rings. The van der Waals surface area contributed by atoms with Crippen LogP contribution in [0.4, 0.5) is 0 Å². The Morgan fingerprint density at radius 1 is 1.56 bits per heavy atom. The van der Waals surface area contributed by atoms with Crippen LogP contribution in [0.2, 0.25) is 0 Å². The molecular formula is C13H19N3O2. The molecule has 1 aromatic rings. The molecule has 0 radical (unpaired) electrons. The number of hydrogen-bond acceptors (Lipinski definition) is 4. The van der Waals surface area contributed by atoms with E-state index in [0.717, 1.165) is 24.8 Å². The predicted octanol–water partition coefficient (Wildman–Crippen LogP) is 0.838. The molecule has 1 fully saturated rings. The van der Waals surface area contributed by atoms with Crippen molar-refractivity contribution in [1.82, 2.24) is 10.3 Å². The monoisotopic (exact) mass is 249 g/mol. The summed E-state index contributed by atoms with van der Waals surface area (Å²) >= 11 is 0. The van der Waals surface area contributed by atoms with Gasteiger partial charge >= 0.3 is 0 Å². The van der Waals surface area contributed by atoms with Crippen molar-refractivity contribution in [3.63, 3.8) is 0 Å². The van der Waals surface area contributed by atoms with Crippen molar-refractivity contribution in [2.45, 2.75) is 38.0 Å². The van der Waals surface area contributed by atoms with Crippen LogP contribution in [-0.2, 0) is 11.3 Å². The first-order valence-corrected chi connectivity index (χ1v) is 6.23. The lowest BCUT2D eigenvalue weighted by atomic mass is 10.2. The summed E-state index contributed by atoms with van der Waals surface area (Å²) in [5.41, 5.74) is 6.83. The van der Waals surface area contributed by atoms with Gasteiger partial charge in [-0.15, -0.1) is 0 Å². The number of nitrogens with one attached hydrogen (secondary N) is 1. The largest absolute Gasteiger partial charge is 0.379 e. The normalized spacial score (nSPS) is 23.0. The van der Waals surface area contributed by atoms with Crippen molar-refractivity contribution >= 4 is 5.91 Å². The van der Waals surface area contributed by atoms with Crippen molar-refractivity contribution in [2.75, 3.05) is 7.11 Å². The summed E-state index contributed by atoms with van der Waals surface area (Å²) in [7, 11) is 1.68. The zero-order valence-corrected chi connectivity index (χ0v) is 10.6. The molecule has 2 rings (SSSR count). The number of nitrogens with zero attached hydrogens (tertiary/aromatic N) is 1. The van der Waals surface area contributed by atoms with Crippen LogP contribution in [0.1, 0.15) is 35.3 Å². The van der Waals surface area contributed by atoms with Crippen LogP contribution < -0.4 is 11.1 Å². The van der Waals surface area contributed by atoms with E-state index < -0.39 is 0 Å². The Balaban J connectivity index is 1.98. The molecular weight excluding hydrogens is 230 g/mol. The summed E-state index contributed by atoms with van der Waals surface area (Å²) in [4.78, 5) is 16.1. The number of aromatic nitrogens is 1. The van der Waals surface area contributed by atoms with Crippen molar-refractivity contribution in [1.29, 1.82) is 0 Å². The predicted molar refractivity (Wildman–Crippen MR) is 68.0 cm³/mol. The molecule has 0 bridgehead atoms. The Labute approximate surface area is 107 Å². The molecule has 1 heterocycles. The van der Waals surface area contributed by atoms with Crippen molar-refractivity contribution < 1.29 is 9.53 Å². The van der Waals surface area contributed by atoms with Gasteiger partial charge < -0.3 is 15.8 Å². The number of methoxy groups -OCH3 is 1. The van der Waals surface area contributed by atoms with Gasteiger partial charge in [0.1, 0.15) is 5.69 Å². The Bertz CT molecular complexity index is 405. The van der Waals surface area contributed by atoms with Gasteiger partial charge in [0.2, 0.25) is 0 Å². The lowest BCUT2D eigenvalue weighted by molar-refractivity contribution is 0.0719. The van der Waals surface area contributed by atoms with Crippen LogP contribution >= 0.6 is 0 Å². The number of hydrogen-bond donors (Lipinski definition) is 2. The topological polar surface area (TPSA) is 77.2 Å². The highest BCUT2D eigenvalue weighted by atomic mass is 16.5. The molecule has 5 heteroatoms. The minimum Gasteiger partial charge on any atom is -0.379 e. The molecule has 3 N–H and O–H groups in total. The molecule has 0 saturated heterocycles. The Morgan fingerprint density at radius 3 is 3.00 bits per heavy atom. The van der Waals surface area contributed by atoms with E-state index in [4.69, 9.17) is 10.5 Å². The molecule has 0 aromatic carbocycles. The van der Waals surface area contributed by atoms with Crippen molar-refractivity contribution in [3.8, 4) is 0 Å². The highest BCUT2D eigenvalue weighted by Gasteiger charge is 2.28. The van der Waals surface area contributed by atoms with E-state index >= 15 is 0 Å². The summed E-state index contributed by atoms with van der Waals surface area (Å²) in [5.74, 6) is -0.146. The van der Waals surface area contributed by atoms with Crippen LogP contribution in [-0.4, -0.2) is 30.1 Å². The fourth-order valence-electron chi connectivity index (χ4n) is 2.30. The zero-order chi connectivity index (χ0) is 13.0. The van der Waals surface area contributed by atoms with Gasteiger partial charge in [-0.2, -0.15) is 0 Å². The number of carbonyl (C=O) groups excluding carboxylic acids is 1. The minimum absolute atomic E-state index is 0.0958. The van der Waals surface area contributed by atoms with Crippen LogP contribution in [0.3, 0.4) is 0 Å². The van der Waals surface area contributed by atoms with Gasteiger partial charge in [-0.1, -0.05) is 6.07 Å². The molecule has 1 amide bonds. The Morgan fingerprint density at radius 2 is 2.39 bits per heavy atom. The molecule has 5 nitrogen and oxygen atoms in total. The molecule has 1 aliphatic carbocycles. The van der Waals surface area contributed by atoms with Gasteiger partial charge in [0.05, 0.1) is 12.1 Å². The average Bonchev–Trinajstić information content (AvgIpc) is 2.86. The van der Waals surface area contributed by atoms with E-state index in [0.29, 0.717) is 12.2 Å². The highest BCUT2D eigenvalue weighted by Crippen LogP contribution is 2.21. The summed E-state index contributed by atoms with van der Waals surface area (Å²) in [6.45, 7) is 0.434. The summed E-state index contributed by atoms with van der Waals surface area (Å²) in [6.07, 6.45) is 4.81. The maximum atomic E-state index is 12.0. The van der Waals surface area contributed by atoms with E-state index in [2.05, 4.69) is 10.3 Å². The number of pyridine rings is 1. The summed E-state index contributed by atoms with van der Waals surface area (Å²) in [6, 6.07) is 3.62. The first-order chi connectivity index (χ1) is 8.74. The third kappa shape index (κ3) is 2.86. The fraction of sp³-hybridized carbons (Fsp3) is 0.538. The lowest BCUT2D eigenvalue weighted by Gasteiger charge is -2.19. The number of rotatable bonds is 4. The number of ether oxygens (including phenoxy) is 1. The molecule has 2 atom stereocenters. The van der Waals surface area contributed by atoms with Gasteiger partial charge in [-0.3, -0.25) is 9.78 Å². The molecule has 1 aromatic heterocycles. The second kappa shape index (κ2) is 5.93. The van der Waals surface area contributed by atoms with Crippen LogP contribution in [0.5, 0.6) is 0 Å². The van der Waals surface area contributed by atoms with Gasteiger partial charge in [-0.25, -0.2) is 0 Å². The molecule has 0 aliphatic heterocycles. The SMILES string of the molecule is COC1CCCC1NC(=O)c1ccc(CN)cn1. The third-order valence-corrected chi connectivity index (χ3v) is 3.36. The van der Waals surface area contributed by atoms with Crippen LogP contribution in [0.25, 0.3) is 0 Å². The Kier molecular flexibility index (Phi) is 4.28. The van der Waals surface area contributed by atoms with Crippen molar-refractivity contribution in [2.24, 2.45) is 5.73 Å². The van der Waals surface area contributed by atoms with E-state index in [1.807, 2.05) is 6.07 Å². The van der Waals surface area contributed by atoms with Gasteiger partial charge in [0, 0.05) is 19.9 Å². The quantitative estimate of drug-likeness (QED) is 0.829. The maximum absolute atomic E-state index is 12.0. The number of carbonyl (C=O) groups is 1. The van der Waals surface area contributed by atoms with Crippen molar-refractivity contribution in [3.05, 3.63) is 29.6 Å². The molecule has 1 saturated carbocycles. The lowest BCUT2D eigenvalue weighted by Crippen LogP contribution is -2.41. The first-order valence-electron chi connectivity index (χ1n) is 6.23. The molecule has 0 spiro atoms. The number of amides is 1. The van der Waals surface area contributed by atoms with Crippen LogP contribution in [0, 0.1) is 0 Å². The van der Waals surface area contributed by atoms with Gasteiger partial charge in [0.15, 0.2) is 0 Å². The van der Waals surface area contributed by atoms with E-state index in [-0.39, 0.29) is 18.1 Å². The highest BCUT2D eigenvalue weighted by molar-refractivity contribution is 5.92. The number of nitrogens with two attached hydrogens (primary N) is 1. The average molecular weight is 249 g/mol. The summed E-state index contributed by atoms with van der Waals surface area (Å²) in [5, 5.41) is 2.98. The molecule has 2 unspecified atom stereocenters. The van der Waals surface area contributed by atoms with Gasteiger partial charge in [0.25, 0.3) is 5.91 Å². The smallest absolute Gasteiger partial charge is 0.270 e. The van der Waals surface area contributed by atoms with E-state index in [1.54, 1.807) is 19.4 Å². The van der Waals surface area contributed by atoms with Crippen LogP contribution in [0.15, 0.2) is 18.3 Å². The summed E-state index contributed by atoms with van der Waals surface area (Å²) < 4.78 is 5.35. The zero-order valence-electron chi connectivity index (χ0n) is 10.6. The third-order valence-electron chi connectivity index (χ3n) is 3.36. The maximum Gasteiger partial charge on any atom is 0.270 e. The second-order valence-corrected chi connectivity index (χ2v) is 4.54.